The average molecular weight is 474 g/mol. The van der Waals surface area contributed by atoms with Gasteiger partial charge >= 0.3 is 20.6 Å². The van der Waals surface area contributed by atoms with Gasteiger partial charge < -0.3 is 21.8 Å². The fourth-order valence-corrected chi connectivity index (χ4v) is 17.2. The van der Waals surface area contributed by atoms with E-state index in [0.29, 0.717) is 6.04 Å². The molecule has 1 amide bonds. The number of alkyl halides is 5. The molecule has 7 nitrogen and oxygen atoms in total. The van der Waals surface area contributed by atoms with Crippen LogP contribution in [0.15, 0.2) is 0 Å². The van der Waals surface area contributed by atoms with Crippen LogP contribution in [0.5, 0.6) is 0 Å². The van der Waals surface area contributed by atoms with Crippen LogP contribution in [0.1, 0.15) is 6.42 Å². The number of hydrogen-bond acceptors (Lipinski definition) is 6. The maximum Gasteiger partial charge on any atom is 0.458 e. The van der Waals surface area contributed by atoms with Crippen LogP contribution in [0.25, 0.3) is 0 Å². The minimum absolute atomic E-state index is 0.174. The zero-order valence-corrected chi connectivity index (χ0v) is 19.9. The van der Waals surface area contributed by atoms with Gasteiger partial charge in [0.1, 0.15) is 0 Å². The summed E-state index contributed by atoms with van der Waals surface area (Å²) in [5.41, 5.74) is 0. The van der Waals surface area contributed by atoms with Gasteiger partial charge in [-0.2, -0.15) is 17.6 Å². The molecule has 0 spiro atoms. The van der Waals surface area contributed by atoms with Crippen molar-refractivity contribution >= 4 is 42.3 Å². The lowest BCUT2D eigenvalue weighted by Crippen LogP contribution is -2.56. The van der Waals surface area contributed by atoms with Crippen molar-refractivity contribution in [2.45, 2.75) is 50.7 Å². The van der Waals surface area contributed by atoms with Crippen LogP contribution in [-0.4, -0.2) is 67.8 Å². The molecule has 0 aromatic heterocycles. The van der Waals surface area contributed by atoms with Crippen molar-refractivity contribution in [3.63, 3.8) is 0 Å². The van der Waals surface area contributed by atoms with Crippen LogP contribution >= 0.6 is 0 Å². The fourth-order valence-electron chi connectivity index (χ4n) is 2.55. The summed E-state index contributed by atoms with van der Waals surface area (Å²) in [5, 5.41) is 1.78. The van der Waals surface area contributed by atoms with Crippen molar-refractivity contribution in [3.8, 4) is 0 Å². The predicted molar refractivity (Wildman–Crippen MR) is 94.4 cm³/mol. The van der Waals surface area contributed by atoms with Crippen LogP contribution in [-0.2, 0) is 26.0 Å². The van der Waals surface area contributed by atoms with Gasteiger partial charge in [-0.25, -0.2) is 4.39 Å². The smallest absolute Gasteiger partial charge is 0.420 e. The molecule has 1 saturated heterocycles. The Kier molecular flexibility index (Phi) is 9.20. The van der Waals surface area contributed by atoms with Gasteiger partial charge in [0.05, 0.1) is 0 Å². The van der Waals surface area contributed by atoms with Crippen molar-refractivity contribution in [2.24, 2.45) is 0 Å². The van der Waals surface area contributed by atoms with Gasteiger partial charge in [0, 0.05) is 6.54 Å². The highest BCUT2D eigenvalue weighted by Crippen LogP contribution is 2.35. The molecule has 27 heavy (non-hydrogen) atoms. The lowest BCUT2D eigenvalue weighted by molar-refractivity contribution is -0.322. The standard InChI is InChI=1S/C11H24F5NO6Si4/c1-24-20-25(2)22-27(4,23-26(3)21-24)7-5-6-17-9(18)10(13,19-8-12)11(14,15)16/h24-26H,5-8H2,1-4H3,(H,17,18). The number of hydrogen-bond donors (Lipinski definition) is 1. The minimum Gasteiger partial charge on any atom is -0.420 e. The molecule has 1 heterocycles. The Balaban J connectivity index is 2.59. The van der Waals surface area contributed by atoms with Crippen molar-refractivity contribution in [1.29, 1.82) is 0 Å². The molecule has 0 aromatic rings. The van der Waals surface area contributed by atoms with Gasteiger partial charge in [0.15, 0.2) is 6.86 Å². The van der Waals surface area contributed by atoms with Gasteiger partial charge in [-0.05, 0) is 38.7 Å². The Bertz CT molecular complexity index is 492. The molecule has 1 rings (SSSR count). The minimum atomic E-state index is -5.70. The first kappa shape index (κ1) is 24.8. The summed E-state index contributed by atoms with van der Waals surface area (Å²) in [5.74, 6) is -6.84. The third kappa shape index (κ3) is 7.27. The first-order valence-electron chi connectivity index (χ1n) is 8.23. The van der Waals surface area contributed by atoms with Crippen molar-refractivity contribution in [1.82, 2.24) is 5.32 Å². The number of ether oxygens (including phenoxy) is 1. The summed E-state index contributed by atoms with van der Waals surface area (Å²) in [4.78, 5) is 11.5. The van der Waals surface area contributed by atoms with Crippen LogP contribution in [0.4, 0.5) is 22.0 Å². The van der Waals surface area contributed by atoms with Crippen LogP contribution in [0, 0.1) is 0 Å². The molecule has 1 N–H and O–H groups in total. The summed E-state index contributed by atoms with van der Waals surface area (Å²) < 4.78 is 90.4. The Labute approximate surface area is 160 Å². The average Bonchev–Trinajstić information content (AvgIpc) is 2.48. The summed E-state index contributed by atoms with van der Waals surface area (Å²) >= 11 is 0. The second-order valence-electron chi connectivity index (χ2n) is 6.05. The molecule has 1 aliphatic heterocycles. The number of amides is 1. The molecule has 1 aliphatic rings. The van der Waals surface area contributed by atoms with E-state index < -0.39 is 61.2 Å². The van der Waals surface area contributed by atoms with Gasteiger partial charge in [-0.15, -0.1) is 0 Å². The molecule has 160 valence electrons. The van der Waals surface area contributed by atoms with Crippen LogP contribution in [0.3, 0.4) is 0 Å². The second-order valence-corrected chi connectivity index (χ2v) is 16.3. The third-order valence-electron chi connectivity index (χ3n) is 3.60. The molecule has 16 heteroatoms. The summed E-state index contributed by atoms with van der Waals surface area (Å²) in [7, 11) is -8.44. The summed E-state index contributed by atoms with van der Waals surface area (Å²) in [6.45, 7) is 4.94. The number of carbonyl (C=O) groups is 1. The quantitative estimate of drug-likeness (QED) is 0.342. The molecule has 3 atom stereocenters. The maximum atomic E-state index is 13.7. The van der Waals surface area contributed by atoms with E-state index in [0.717, 1.165) is 0 Å². The van der Waals surface area contributed by atoms with Gasteiger partial charge in [-0.1, -0.05) is 0 Å². The molecule has 0 aliphatic carbocycles. The number of halogens is 5. The van der Waals surface area contributed by atoms with Gasteiger partial charge in [0.2, 0.25) is 0 Å². The lowest BCUT2D eigenvalue weighted by atomic mass is 10.2. The largest absolute Gasteiger partial charge is 0.458 e. The topological polar surface area (TPSA) is 75.3 Å². The maximum absolute atomic E-state index is 13.7. The van der Waals surface area contributed by atoms with E-state index in [2.05, 4.69) is 4.74 Å². The van der Waals surface area contributed by atoms with Crippen molar-refractivity contribution in [3.05, 3.63) is 0 Å². The van der Waals surface area contributed by atoms with Crippen LogP contribution in [0.2, 0.25) is 32.2 Å². The normalized spacial score (nSPS) is 32.3. The van der Waals surface area contributed by atoms with Gasteiger partial charge in [-0.3, -0.25) is 9.53 Å². The Morgan fingerprint density at radius 1 is 1.07 bits per heavy atom. The summed E-state index contributed by atoms with van der Waals surface area (Å²) in [6, 6.07) is 0.333. The Morgan fingerprint density at radius 2 is 1.59 bits per heavy atom. The molecular weight excluding hydrogens is 449 g/mol. The molecule has 0 bridgehead atoms. The molecule has 1 fully saturated rings. The highest BCUT2D eigenvalue weighted by Gasteiger charge is 2.63. The number of nitrogens with one attached hydrogen (secondary N) is 1. The van der Waals surface area contributed by atoms with E-state index in [1.807, 2.05) is 19.6 Å². The zero-order valence-electron chi connectivity index (χ0n) is 15.4. The number of rotatable bonds is 7. The highest BCUT2D eigenvalue weighted by atomic mass is 28.5. The molecular formula is C11H24F5NO6Si4. The van der Waals surface area contributed by atoms with E-state index in [1.165, 1.54) is 0 Å². The molecule has 0 radical (unpaired) electrons. The first-order valence-corrected chi connectivity index (χ1v) is 17.0. The van der Waals surface area contributed by atoms with E-state index in [4.69, 9.17) is 16.5 Å². The van der Waals surface area contributed by atoms with Crippen molar-refractivity contribution in [2.75, 3.05) is 13.4 Å². The fraction of sp³-hybridized carbons (Fsp3) is 0.909. The SMILES string of the molecule is C[SiH]1O[SiH](C)O[Si](C)(CCCNC(=O)C(F)(OCF)C(F)(F)F)O[SiH](C)O1. The van der Waals surface area contributed by atoms with Crippen molar-refractivity contribution < 1.29 is 47.9 Å². The monoisotopic (exact) mass is 473 g/mol. The van der Waals surface area contributed by atoms with E-state index in [9.17, 15) is 26.7 Å². The number of carbonyl (C=O) groups excluding carboxylic acids is 1. The van der Waals surface area contributed by atoms with E-state index in [-0.39, 0.29) is 13.0 Å². The Hall–Kier alpha value is -0.212. The molecule has 0 saturated carbocycles. The first-order chi connectivity index (χ1) is 12.3. The zero-order chi connectivity index (χ0) is 20.9. The van der Waals surface area contributed by atoms with Gasteiger partial charge in [0.25, 0.3) is 33.8 Å². The predicted octanol–water partition coefficient (Wildman–Crippen LogP) is 1.37. The highest BCUT2D eigenvalue weighted by molar-refractivity contribution is 6.81. The molecule has 3 unspecified atom stereocenters. The lowest BCUT2D eigenvalue weighted by Gasteiger charge is -2.37. The third-order valence-corrected chi connectivity index (χ3v) is 17.6. The Morgan fingerprint density at radius 3 is 2.04 bits per heavy atom. The van der Waals surface area contributed by atoms with Crippen LogP contribution < -0.4 is 5.32 Å². The second kappa shape index (κ2) is 10.0. The molecule has 0 aromatic carbocycles. The van der Waals surface area contributed by atoms with E-state index in [1.54, 1.807) is 11.9 Å². The van der Waals surface area contributed by atoms with E-state index >= 15 is 0 Å². The summed E-state index contributed by atoms with van der Waals surface area (Å²) in [6.07, 6.45) is -5.53.